The summed E-state index contributed by atoms with van der Waals surface area (Å²) in [6.07, 6.45) is 2.94. The molecule has 25 heavy (non-hydrogen) atoms. The van der Waals surface area contributed by atoms with Gasteiger partial charge in [-0.3, -0.25) is 4.79 Å². The lowest BCUT2D eigenvalue weighted by molar-refractivity contribution is -0.119. The minimum atomic E-state index is -0.216. The zero-order valence-electron chi connectivity index (χ0n) is 15.6. The van der Waals surface area contributed by atoms with Gasteiger partial charge in [-0.05, 0) is 32.8 Å². The molecule has 0 fully saturated rings. The van der Waals surface area contributed by atoms with Crippen LogP contribution in [0.5, 0.6) is 0 Å². The summed E-state index contributed by atoms with van der Waals surface area (Å²) in [6.45, 7) is 9.01. The number of amides is 1. The lowest BCUT2D eigenvalue weighted by atomic mass is 10.1. The van der Waals surface area contributed by atoms with Crippen molar-refractivity contribution in [3.8, 4) is 0 Å². The largest absolute Gasteiger partial charge is 0.351 e. The molecular formula is C19H28N4OS. The van der Waals surface area contributed by atoms with E-state index < -0.39 is 0 Å². The summed E-state index contributed by atoms with van der Waals surface area (Å²) in [7, 11) is 0. The molecule has 6 heteroatoms. The van der Waals surface area contributed by atoms with Crippen LogP contribution in [0, 0.1) is 0 Å². The first kappa shape index (κ1) is 19.5. The third-order valence-corrected chi connectivity index (χ3v) is 4.55. The summed E-state index contributed by atoms with van der Waals surface area (Å²) in [5.41, 5.74) is 1.00. The molecule has 1 aromatic carbocycles. The van der Waals surface area contributed by atoms with Gasteiger partial charge in [0, 0.05) is 18.5 Å². The number of hydrogen-bond donors (Lipinski definition) is 1. The molecule has 0 saturated carbocycles. The fourth-order valence-electron chi connectivity index (χ4n) is 2.46. The van der Waals surface area contributed by atoms with Gasteiger partial charge in [0.05, 0.1) is 5.75 Å². The van der Waals surface area contributed by atoms with Crippen molar-refractivity contribution in [1.82, 2.24) is 20.1 Å². The number of rotatable bonds is 8. The van der Waals surface area contributed by atoms with E-state index in [0.717, 1.165) is 36.8 Å². The van der Waals surface area contributed by atoms with Gasteiger partial charge < -0.3 is 9.88 Å². The van der Waals surface area contributed by atoms with E-state index in [4.69, 9.17) is 0 Å². The van der Waals surface area contributed by atoms with Gasteiger partial charge in [-0.1, -0.05) is 55.4 Å². The number of carbonyl (C=O) groups is 1. The average Bonchev–Trinajstić information content (AvgIpc) is 2.92. The molecule has 5 nitrogen and oxygen atoms in total. The second-order valence-corrected chi connectivity index (χ2v) is 8.10. The van der Waals surface area contributed by atoms with Crippen molar-refractivity contribution in [1.29, 1.82) is 0 Å². The number of carbonyl (C=O) groups excluding carboxylic acids is 1. The lowest BCUT2D eigenvalue weighted by Gasteiger charge is -2.20. The van der Waals surface area contributed by atoms with Gasteiger partial charge in [0.1, 0.15) is 5.82 Å². The Morgan fingerprint density at radius 3 is 2.56 bits per heavy atom. The normalized spacial score (nSPS) is 11.5. The molecule has 0 saturated heterocycles. The van der Waals surface area contributed by atoms with E-state index in [2.05, 4.69) is 39.1 Å². The highest BCUT2D eigenvalue weighted by molar-refractivity contribution is 7.99. The van der Waals surface area contributed by atoms with Crippen molar-refractivity contribution in [2.75, 3.05) is 5.75 Å². The molecule has 2 aromatic rings. The third kappa shape index (κ3) is 6.53. The van der Waals surface area contributed by atoms with Gasteiger partial charge in [-0.15, -0.1) is 10.2 Å². The third-order valence-electron chi connectivity index (χ3n) is 3.58. The minimum absolute atomic E-state index is 0.0205. The maximum absolute atomic E-state index is 12.1. The molecule has 0 aliphatic heterocycles. The van der Waals surface area contributed by atoms with E-state index in [1.54, 1.807) is 0 Å². The number of unbranched alkanes of at least 4 members (excludes halogenated alkanes) is 1. The van der Waals surface area contributed by atoms with Gasteiger partial charge in [0.25, 0.3) is 0 Å². The standard InChI is InChI=1S/C19H28N4OS/c1-5-6-12-23-16(13-15-10-8-7-9-11-15)21-22-18(23)25-14-17(24)20-19(2,3)4/h7-11H,5-6,12-14H2,1-4H3,(H,20,24). The van der Waals surface area contributed by atoms with Crippen LogP contribution in [0.4, 0.5) is 0 Å². The number of thioether (sulfide) groups is 1. The van der Waals surface area contributed by atoms with Crippen LogP contribution in [0.3, 0.4) is 0 Å². The number of benzene rings is 1. The second kappa shape index (κ2) is 9.04. The maximum atomic E-state index is 12.1. The van der Waals surface area contributed by atoms with Crippen molar-refractivity contribution in [2.24, 2.45) is 0 Å². The molecule has 1 N–H and O–H groups in total. The quantitative estimate of drug-likeness (QED) is 0.730. The van der Waals surface area contributed by atoms with E-state index >= 15 is 0 Å². The maximum Gasteiger partial charge on any atom is 0.230 e. The van der Waals surface area contributed by atoms with E-state index in [1.165, 1.54) is 17.3 Å². The Morgan fingerprint density at radius 1 is 1.20 bits per heavy atom. The molecule has 0 unspecified atom stereocenters. The van der Waals surface area contributed by atoms with Crippen molar-refractivity contribution >= 4 is 17.7 Å². The number of nitrogens with zero attached hydrogens (tertiary/aromatic N) is 3. The molecule has 0 bridgehead atoms. The van der Waals surface area contributed by atoms with Crippen LogP contribution in [0.2, 0.25) is 0 Å². The summed E-state index contributed by atoms with van der Waals surface area (Å²) in [4.78, 5) is 12.1. The Morgan fingerprint density at radius 2 is 1.92 bits per heavy atom. The van der Waals surface area contributed by atoms with E-state index in [-0.39, 0.29) is 11.4 Å². The predicted octanol–water partition coefficient (Wildman–Crippen LogP) is 3.68. The Bertz CT molecular complexity index is 676. The van der Waals surface area contributed by atoms with Crippen LogP contribution in [0.15, 0.2) is 35.5 Å². The van der Waals surface area contributed by atoms with Crippen LogP contribution in [-0.4, -0.2) is 32.0 Å². The molecule has 0 radical (unpaired) electrons. The molecule has 2 rings (SSSR count). The molecule has 1 aromatic heterocycles. The van der Waals surface area contributed by atoms with Crippen molar-refractivity contribution in [3.63, 3.8) is 0 Å². The zero-order valence-corrected chi connectivity index (χ0v) is 16.4. The molecule has 0 aliphatic carbocycles. The highest BCUT2D eigenvalue weighted by Gasteiger charge is 2.17. The van der Waals surface area contributed by atoms with E-state index in [0.29, 0.717) is 5.75 Å². The summed E-state index contributed by atoms with van der Waals surface area (Å²) >= 11 is 1.45. The van der Waals surface area contributed by atoms with Gasteiger partial charge in [-0.2, -0.15) is 0 Å². The van der Waals surface area contributed by atoms with Crippen molar-refractivity contribution < 1.29 is 4.79 Å². The lowest BCUT2D eigenvalue weighted by Crippen LogP contribution is -2.41. The topological polar surface area (TPSA) is 59.8 Å². The van der Waals surface area contributed by atoms with Crippen LogP contribution in [0.25, 0.3) is 0 Å². The Labute approximate surface area is 154 Å². The number of aromatic nitrogens is 3. The highest BCUT2D eigenvalue weighted by atomic mass is 32.2. The predicted molar refractivity (Wildman–Crippen MR) is 103 cm³/mol. The first-order valence-electron chi connectivity index (χ1n) is 8.79. The van der Waals surface area contributed by atoms with Crippen molar-refractivity contribution in [3.05, 3.63) is 41.7 Å². The van der Waals surface area contributed by atoms with Gasteiger partial charge in [0.2, 0.25) is 5.91 Å². The molecule has 0 aliphatic rings. The first-order chi connectivity index (χ1) is 11.9. The smallest absolute Gasteiger partial charge is 0.230 e. The average molecular weight is 361 g/mol. The van der Waals surface area contributed by atoms with E-state index in [1.807, 2.05) is 39.0 Å². The minimum Gasteiger partial charge on any atom is -0.351 e. The SMILES string of the molecule is CCCCn1c(Cc2ccccc2)nnc1SCC(=O)NC(C)(C)C. The molecular weight excluding hydrogens is 332 g/mol. The van der Waals surface area contributed by atoms with Crippen LogP contribution < -0.4 is 5.32 Å². The van der Waals surface area contributed by atoms with Gasteiger partial charge in [-0.25, -0.2) is 0 Å². The van der Waals surface area contributed by atoms with Crippen LogP contribution in [-0.2, 0) is 17.8 Å². The summed E-state index contributed by atoms with van der Waals surface area (Å²) < 4.78 is 2.16. The Hall–Kier alpha value is -1.82. The summed E-state index contributed by atoms with van der Waals surface area (Å²) in [5.74, 6) is 1.33. The number of hydrogen-bond acceptors (Lipinski definition) is 4. The second-order valence-electron chi connectivity index (χ2n) is 7.15. The van der Waals surface area contributed by atoms with Gasteiger partial charge in [0.15, 0.2) is 5.16 Å². The molecule has 0 atom stereocenters. The molecule has 0 spiro atoms. The monoisotopic (exact) mass is 360 g/mol. The summed E-state index contributed by atoms with van der Waals surface area (Å²) in [6, 6.07) is 10.3. The molecule has 1 amide bonds. The van der Waals surface area contributed by atoms with E-state index in [9.17, 15) is 4.79 Å². The van der Waals surface area contributed by atoms with Crippen LogP contribution >= 0.6 is 11.8 Å². The highest BCUT2D eigenvalue weighted by Crippen LogP contribution is 2.20. The van der Waals surface area contributed by atoms with Crippen molar-refractivity contribution in [2.45, 2.75) is 64.2 Å². The van der Waals surface area contributed by atoms with Gasteiger partial charge >= 0.3 is 0 Å². The Balaban J connectivity index is 2.08. The first-order valence-corrected chi connectivity index (χ1v) is 9.77. The fraction of sp³-hybridized carbons (Fsp3) is 0.526. The number of nitrogens with one attached hydrogen (secondary N) is 1. The molecule has 136 valence electrons. The Kier molecular flexibility index (Phi) is 7.05. The van der Waals surface area contributed by atoms with Crippen LogP contribution in [0.1, 0.15) is 51.9 Å². The summed E-state index contributed by atoms with van der Waals surface area (Å²) in [5, 5.41) is 12.5. The molecule has 1 heterocycles. The zero-order chi connectivity index (χ0) is 18.3. The fourth-order valence-corrected chi connectivity index (χ4v) is 3.24.